The lowest BCUT2D eigenvalue weighted by atomic mass is 9.92. The second-order valence-electron chi connectivity index (χ2n) is 13.2. The number of carbonyl (C=O) groups excluding carboxylic acids is 4. The molecule has 0 bridgehead atoms. The maximum atomic E-state index is 14.3. The quantitative estimate of drug-likeness (QED) is 0.265. The molecular formula is C35H47N3O6. The topological polar surface area (TPSA) is 114 Å². The van der Waals surface area contributed by atoms with Crippen LogP contribution in [0.2, 0.25) is 0 Å². The molecule has 2 aromatic rings. The molecule has 0 aromatic heterocycles. The molecule has 238 valence electrons. The summed E-state index contributed by atoms with van der Waals surface area (Å²) in [5.41, 5.74) is -0.492. The number of carbonyl (C=O) groups is 4. The number of alkyl carbamates (subject to hydrolysis) is 1. The van der Waals surface area contributed by atoms with Gasteiger partial charge in [-0.1, -0.05) is 55.3 Å². The normalized spacial score (nSPS) is 13.1. The molecule has 0 aliphatic heterocycles. The van der Waals surface area contributed by atoms with Gasteiger partial charge >= 0.3 is 12.1 Å². The van der Waals surface area contributed by atoms with E-state index in [0.29, 0.717) is 17.5 Å². The fourth-order valence-electron chi connectivity index (χ4n) is 4.39. The fourth-order valence-corrected chi connectivity index (χ4v) is 4.39. The molecule has 0 saturated carbocycles. The molecule has 2 aromatic carbocycles. The van der Waals surface area contributed by atoms with Gasteiger partial charge in [-0.05, 0) is 85.1 Å². The predicted molar refractivity (Wildman–Crippen MR) is 170 cm³/mol. The number of amides is 3. The Labute approximate surface area is 262 Å². The van der Waals surface area contributed by atoms with E-state index >= 15 is 0 Å². The van der Waals surface area contributed by atoms with Gasteiger partial charge in [-0.25, -0.2) is 9.59 Å². The van der Waals surface area contributed by atoms with Crippen LogP contribution in [-0.4, -0.2) is 58.1 Å². The van der Waals surface area contributed by atoms with Crippen molar-refractivity contribution in [3.8, 4) is 12.3 Å². The van der Waals surface area contributed by atoms with Crippen molar-refractivity contribution in [2.45, 2.75) is 104 Å². The minimum Gasteiger partial charge on any atom is -0.458 e. The second kappa shape index (κ2) is 14.9. The van der Waals surface area contributed by atoms with E-state index in [0.717, 1.165) is 5.56 Å². The second-order valence-corrected chi connectivity index (χ2v) is 13.2. The van der Waals surface area contributed by atoms with E-state index in [4.69, 9.17) is 15.9 Å². The first-order chi connectivity index (χ1) is 20.4. The molecule has 2 rings (SSSR count). The third-order valence-electron chi connectivity index (χ3n) is 6.76. The number of hydrogen-bond acceptors (Lipinski definition) is 6. The Morgan fingerprint density at radius 2 is 1.43 bits per heavy atom. The van der Waals surface area contributed by atoms with Crippen LogP contribution >= 0.6 is 0 Å². The fraction of sp³-hybridized carbons (Fsp3) is 0.486. The zero-order chi connectivity index (χ0) is 33.3. The molecule has 44 heavy (non-hydrogen) atoms. The molecule has 0 spiro atoms. The smallest absolute Gasteiger partial charge is 0.408 e. The average molecular weight is 606 g/mol. The highest BCUT2D eigenvalue weighted by atomic mass is 16.6. The van der Waals surface area contributed by atoms with E-state index in [1.807, 2.05) is 51.1 Å². The zero-order valence-corrected chi connectivity index (χ0v) is 27.4. The summed E-state index contributed by atoms with van der Waals surface area (Å²) in [5.74, 6) is 0.859. The van der Waals surface area contributed by atoms with Crippen molar-refractivity contribution in [1.29, 1.82) is 0 Å². The molecule has 0 saturated heterocycles. The summed E-state index contributed by atoms with van der Waals surface area (Å²) >= 11 is 0. The molecule has 3 amide bonds. The standard InChI is InChI=1S/C35H47N3O6/c1-11-24-18-20-26(21-19-24)29(38(35(9,10)12-2)28(39)23-36-32(42)44-34(6,7)8)30(40)37-27(31(41)43-33(3,4)5)22-25-16-14-13-15-17-25/h1,13-21,27,29H,12,22-23H2,2-10H3,(H,36,42)(H,37,40). The molecule has 9 heteroatoms. The van der Waals surface area contributed by atoms with Crippen LogP contribution in [0.15, 0.2) is 54.6 Å². The van der Waals surface area contributed by atoms with Crippen molar-refractivity contribution in [2.24, 2.45) is 0 Å². The molecule has 9 nitrogen and oxygen atoms in total. The van der Waals surface area contributed by atoms with Crippen LogP contribution in [0.4, 0.5) is 4.79 Å². The van der Waals surface area contributed by atoms with Crippen molar-refractivity contribution in [3.05, 3.63) is 71.3 Å². The lowest BCUT2D eigenvalue weighted by Crippen LogP contribution is -2.57. The van der Waals surface area contributed by atoms with Crippen molar-refractivity contribution >= 4 is 23.9 Å². The van der Waals surface area contributed by atoms with Crippen LogP contribution in [-0.2, 0) is 30.3 Å². The van der Waals surface area contributed by atoms with Crippen LogP contribution < -0.4 is 10.6 Å². The average Bonchev–Trinajstić information content (AvgIpc) is 2.93. The van der Waals surface area contributed by atoms with Crippen LogP contribution in [0.3, 0.4) is 0 Å². The Kier molecular flexibility index (Phi) is 12.2. The first kappa shape index (κ1) is 35.9. The third kappa shape index (κ3) is 11.1. The molecule has 0 aliphatic rings. The summed E-state index contributed by atoms with van der Waals surface area (Å²) in [7, 11) is 0. The highest BCUT2D eigenvalue weighted by molar-refractivity contribution is 5.93. The number of benzene rings is 2. The summed E-state index contributed by atoms with van der Waals surface area (Å²) in [6.07, 6.45) is 5.47. The van der Waals surface area contributed by atoms with Crippen LogP contribution in [0.1, 0.15) is 91.5 Å². The van der Waals surface area contributed by atoms with Crippen LogP contribution in [0.5, 0.6) is 0 Å². The Balaban J connectivity index is 2.57. The molecule has 0 radical (unpaired) electrons. The number of nitrogens with one attached hydrogen (secondary N) is 2. The summed E-state index contributed by atoms with van der Waals surface area (Å²) in [6.45, 7) is 15.6. The number of terminal acetylenes is 1. The molecule has 2 unspecified atom stereocenters. The van der Waals surface area contributed by atoms with Gasteiger partial charge in [0.2, 0.25) is 11.8 Å². The molecule has 2 N–H and O–H groups in total. The summed E-state index contributed by atoms with van der Waals surface area (Å²) < 4.78 is 11.0. The third-order valence-corrected chi connectivity index (χ3v) is 6.76. The first-order valence-corrected chi connectivity index (χ1v) is 14.8. The molecule has 2 atom stereocenters. The molecule has 0 fully saturated rings. The lowest BCUT2D eigenvalue weighted by Gasteiger charge is -2.43. The van der Waals surface area contributed by atoms with Gasteiger partial charge in [0.25, 0.3) is 0 Å². The summed E-state index contributed by atoms with van der Waals surface area (Å²) in [6, 6.07) is 13.8. The maximum absolute atomic E-state index is 14.3. The number of ether oxygens (including phenoxy) is 2. The minimum absolute atomic E-state index is 0.176. The SMILES string of the molecule is C#Cc1ccc(C(C(=O)NC(Cc2ccccc2)C(=O)OC(C)(C)C)N(C(=O)CNC(=O)OC(C)(C)C)C(C)(C)CC)cc1. The maximum Gasteiger partial charge on any atom is 0.408 e. The number of nitrogens with zero attached hydrogens (tertiary/aromatic N) is 1. The van der Waals surface area contributed by atoms with E-state index in [2.05, 4.69) is 16.6 Å². The Morgan fingerprint density at radius 3 is 1.93 bits per heavy atom. The van der Waals surface area contributed by atoms with Gasteiger partial charge in [0.15, 0.2) is 0 Å². The Bertz CT molecular complexity index is 1330. The van der Waals surface area contributed by atoms with Gasteiger partial charge in [-0.15, -0.1) is 6.42 Å². The lowest BCUT2D eigenvalue weighted by molar-refractivity contribution is -0.159. The largest absolute Gasteiger partial charge is 0.458 e. The zero-order valence-electron chi connectivity index (χ0n) is 27.4. The van der Waals surface area contributed by atoms with E-state index in [9.17, 15) is 19.2 Å². The van der Waals surface area contributed by atoms with Crippen molar-refractivity contribution in [3.63, 3.8) is 0 Å². The van der Waals surface area contributed by atoms with Crippen molar-refractivity contribution in [1.82, 2.24) is 15.5 Å². The summed E-state index contributed by atoms with van der Waals surface area (Å²) in [4.78, 5) is 55.5. The van der Waals surface area contributed by atoms with Gasteiger partial charge < -0.3 is 25.0 Å². The highest BCUT2D eigenvalue weighted by Gasteiger charge is 2.41. The molecule has 0 aliphatic carbocycles. The minimum atomic E-state index is -1.18. The van der Waals surface area contributed by atoms with Gasteiger partial charge in [-0.3, -0.25) is 9.59 Å². The summed E-state index contributed by atoms with van der Waals surface area (Å²) in [5, 5.41) is 5.39. The number of rotatable bonds is 11. The number of esters is 1. The van der Waals surface area contributed by atoms with Gasteiger partial charge in [0.1, 0.15) is 29.8 Å². The first-order valence-electron chi connectivity index (χ1n) is 14.8. The van der Waals surface area contributed by atoms with Gasteiger partial charge in [-0.2, -0.15) is 0 Å². The van der Waals surface area contributed by atoms with E-state index in [-0.39, 0.29) is 6.42 Å². The van der Waals surface area contributed by atoms with Crippen molar-refractivity contribution in [2.75, 3.05) is 6.54 Å². The Morgan fingerprint density at radius 1 is 0.864 bits per heavy atom. The molecular weight excluding hydrogens is 558 g/mol. The molecule has 0 heterocycles. The van der Waals surface area contributed by atoms with Gasteiger partial charge in [0.05, 0.1) is 0 Å². The van der Waals surface area contributed by atoms with Crippen LogP contribution in [0, 0.1) is 12.3 Å². The van der Waals surface area contributed by atoms with E-state index < -0.39 is 59.2 Å². The Hall–Kier alpha value is -4.32. The van der Waals surface area contributed by atoms with Crippen LogP contribution in [0.25, 0.3) is 0 Å². The van der Waals surface area contributed by atoms with E-state index in [1.54, 1.807) is 65.8 Å². The highest BCUT2D eigenvalue weighted by Crippen LogP contribution is 2.32. The van der Waals surface area contributed by atoms with E-state index in [1.165, 1.54) is 4.90 Å². The van der Waals surface area contributed by atoms with Crippen molar-refractivity contribution < 1.29 is 28.7 Å². The monoisotopic (exact) mass is 605 g/mol. The van der Waals surface area contributed by atoms with Gasteiger partial charge in [0, 0.05) is 17.5 Å². The predicted octanol–water partition coefficient (Wildman–Crippen LogP) is 5.32. The number of hydrogen-bond donors (Lipinski definition) is 2.